The lowest BCUT2D eigenvalue weighted by Crippen LogP contribution is -2.23. The first-order valence-electron chi connectivity index (χ1n) is 9.20. The topological polar surface area (TPSA) is 26.4 Å². The first kappa shape index (κ1) is 19.2. The average Bonchev–Trinajstić information content (AvgIpc) is 3.08. The Hall–Kier alpha value is -2.80. The summed E-state index contributed by atoms with van der Waals surface area (Å²) in [7, 11) is 0. The van der Waals surface area contributed by atoms with E-state index in [1.807, 2.05) is 46.9 Å². The average molecular weight is 453 g/mol. The fourth-order valence-corrected chi connectivity index (χ4v) is 5.33. The van der Waals surface area contributed by atoms with Crippen LogP contribution in [0.4, 0.5) is 4.39 Å². The first-order chi connectivity index (χ1) is 14.5. The maximum atomic E-state index is 14.0. The quantitative estimate of drug-likeness (QED) is 0.290. The van der Waals surface area contributed by atoms with Gasteiger partial charge < -0.3 is 0 Å². The lowest BCUT2D eigenvalue weighted by molar-refractivity contribution is 0.628. The summed E-state index contributed by atoms with van der Waals surface area (Å²) in [5.74, 6) is -0.338. The van der Waals surface area contributed by atoms with E-state index in [1.165, 1.54) is 23.5 Å². The van der Waals surface area contributed by atoms with Crippen LogP contribution in [0.3, 0.4) is 0 Å². The van der Waals surface area contributed by atoms with Crippen molar-refractivity contribution in [2.75, 3.05) is 0 Å². The molecule has 30 heavy (non-hydrogen) atoms. The van der Waals surface area contributed by atoms with Gasteiger partial charge in [0.1, 0.15) is 11.5 Å². The van der Waals surface area contributed by atoms with E-state index in [0.29, 0.717) is 32.1 Å². The number of halogens is 2. The van der Waals surface area contributed by atoms with Crippen molar-refractivity contribution in [3.05, 3.63) is 104 Å². The molecule has 0 N–H and O–H groups in total. The van der Waals surface area contributed by atoms with Gasteiger partial charge >= 0.3 is 0 Å². The second-order valence-corrected chi connectivity index (χ2v) is 8.99. The van der Waals surface area contributed by atoms with Crippen molar-refractivity contribution in [1.82, 2.24) is 8.97 Å². The molecule has 3 aromatic carbocycles. The molecule has 2 aromatic heterocycles. The molecule has 0 bridgehead atoms. The van der Waals surface area contributed by atoms with Crippen molar-refractivity contribution >= 4 is 51.7 Å². The van der Waals surface area contributed by atoms with Crippen LogP contribution in [-0.4, -0.2) is 8.97 Å². The van der Waals surface area contributed by atoms with Crippen LogP contribution in [-0.2, 0) is 6.54 Å². The number of para-hydroxylation sites is 1. The largest absolute Gasteiger partial charge is 0.288 e. The van der Waals surface area contributed by atoms with Gasteiger partial charge in [-0.25, -0.2) is 4.39 Å². The predicted molar refractivity (Wildman–Crippen MR) is 124 cm³/mol. The summed E-state index contributed by atoms with van der Waals surface area (Å²) >= 11 is 13.2. The summed E-state index contributed by atoms with van der Waals surface area (Å²) in [6, 6.07) is 21.1. The number of thiazole rings is 1. The third-order valence-electron chi connectivity index (χ3n) is 4.98. The molecule has 148 valence electrons. The Morgan fingerprint density at radius 3 is 2.60 bits per heavy atom. The molecule has 0 saturated carbocycles. The molecule has 5 rings (SSSR count). The summed E-state index contributed by atoms with van der Waals surface area (Å²) in [5, 5.41) is 1.18. The molecular formula is C23H14ClFN2OS2. The molecule has 5 aromatic rings. The number of hydrogen-bond donors (Lipinski definition) is 0. The molecule has 0 amide bonds. The monoisotopic (exact) mass is 452 g/mol. The Bertz CT molecular complexity index is 1550. The molecule has 0 fully saturated rings. The van der Waals surface area contributed by atoms with Gasteiger partial charge in [0.05, 0.1) is 22.3 Å². The molecule has 0 aliphatic carbocycles. The van der Waals surface area contributed by atoms with Gasteiger partial charge in [-0.15, -0.1) is 11.3 Å². The highest BCUT2D eigenvalue weighted by molar-refractivity contribution is 7.73. The van der Waals surface area contributed by atoms with Gasteiger partial charge in [-0.1, -0.05) is 48.0 Å². The van der Waals surface area contributed by atoms with Crippen LogP contribution in [0.5, 0.6) is 0 Å². The van der Waals surface area contributed by atoms with E-state index in [2.05, 4.69) is 0 Å². The maximum absolute atomic E-state index is 14.0. The van der Waals surface area contributed by atoms with Crippen LogP contribution < -0.4 is 5.56 Å². The smallest absolute Gasteiger partial charge is 0.261 e. The van der Waals surface area contributed by atoms with Gasteiger partial charge in [0.2, 0.25) is 0 Å². The van der Waals surface area contributed by atoms with Gasteiger partial charge in [0.15, 0.2) is 3.95 Å². The third kappa shape index (κ3) is 3.17. The Morgan fingerprint density at radius 2 is 1.80 bits per heavy atom. The van der Waals surface area contributed by atoms with E-state index in [-0.39, 0.29) is 11.4 Å². The lowest BCUT2D eigenvalue weighted by Gasteiger charge is -2.13. The minimum Gasteiger partial charge on any atom is -0.288 e. The second kappa shape index (κ2) is 7.47. The van der Waals surface area contributed by atoms with Crippen molar-refractivity contribution in [2.45, 2.75) is 6.54 Å². The number of rotatable bonds is 3. The molecule has 2 heterocycles. The van der Waals surface area contributed by atoms with Crippen molar-refractivity contribution < 1.29 is 4.39 Å². The molecular weight excluding hydrogens is 439 g/mol. The van der Waals surface area contributed by atoms with Gasteiger partial charge in [-0.3, -0.25) is 13.8 Å². The van der Waals surface area contributed by atoms with Crippen LogP contribution in [0.25, 0.3) is 27.0 Å². The summed E-state index contributed by atoms with van der Waals surface area (Å²) in [6.07, 6.45) is 0. The molecule has 0 aliphatic heterocycles. The highest BCUT2D eigenvalue weighted by atomic mass is 35.5. The van der Waals surface area contributed by atoms with E-state index in [1.54, 1.807) is 22.8 Å². The van der Waals surface area contributed by atoms with Crippen molar-refractivity contribution in [2.24, 2.45) is 0 Å². The van der Waals surface area contributed by atoms with Gasteiger partial charge in [0, 0.05) is 5.02 Å². The summed E-state index contributed by atoms with van der Waals surface area (Å²) in [6.45, 7) is 0.321. The highest BCUT2D eigenvalue weighted by Crippen LogP contribution is 2.33. The van der Waals surface area contributed by atoms with E-state index >= 15 is 0 Å². The minimum atomic E-state index is -0.338. The number of benzene rings is 3. The van der Waals surface area contributed by atoms with Crippen LogP contribution >= 0.6 is 35.2 Å². The lowest BCUT2D eigenvalue weighted by atomic mass is 10.1. The van der Waals surface area contributed by atoms with Crippen molar-refractivity contribution in [3.63, 3.8) is 0 Å². The minimum absolute atomic E-state index is 0.129. The summed E-state index contributed by atoms with van der Waals surface area (Å²) in [4.78, 5) is 14.3. The standard InChI is InChI=1S/C23H14ClFN2OS2/c24-16-7-3-5-14(11-16)13-26-21-20(15-6-4-8-17(25)12-15)30-23(29)27(21)19-10-2-1-9-18(19)22(26)28/h1-12H,13H2. The van der Waals surface area contributed by atoms with Crippen LogP contribution in [0.1, 0.15) is 5.56 Å². The second-order valence-electron chi connectivity index (χ2n) is 6.90. The molecule has 3 nitrogen and oxygen atoms in total. The van der Waals surface area contributed by atoms with E-state index in [0.717, 1.165) is 16.0 Å². The van der Waals surface area contributed by atoms with Crippen molar-refractivity contribution in [3.8, 4) is 10.4 Å². The van der Waals surface area contributed by atoms with Crippen molar-refractivity contribution in [1.29, 1.82) is 0 Å². The molecule has 0 atom stereocenters. The van der Waals surface area contributed by atoms with Crippen LogP contribution in [0.15, 0.2) is 77.6 Å². The number of nitrogens with zero attached hydrogens (tertiary/aromatic N) is 2. The van der Waals surface area contributed by atoms with Gasteiger partial charge in [-0.05, 0) is 59.7 Å². The zero-order chi connectivity index (χ0) is 20.8. The number of fused-ring (bicyclic) bond motifs is 3. The maximum Gasteiger partial charge on any atom is 0.261 e. The Kier molecular flexibility index (Phi) is 4.77. The van der Waals surface area contributed by atoms with Crippen LogP contribution in [0.2, 0.25) is 5.02 Å². The molecule has 0 unspecified atom stereocenters. The van der Waals surface area contributed by atoms with Gasteiger partial charge in [0.25, 0.3) is 5.56 Å². The third-order valence-corrected chi connectivity index (χ3v) is 6.63. The SMILES string of the molecule is O=c1c2ccccc2n2c(=S)sc(-c3cccc(F)c3)c2n1Cc1cccc(Cl)c1. The van der Waals surface area contributed by atoms with E-state index in [9.17, 15) is 9.18 Å². The molecule has 0 spiro atoms. The molecule has 0 saturated heterocycles. The summed E-state index contributed by atoms with van der Waals surface area (Å²) < 4.78 is 18.2. The van der Waals surface area contributed by atoms with E-state index in [4.69, 9.17) is 23.8 Å². The molecule has 0 radical (unpaired) electrons. The van der Waals surface area contributed by atoms with E-state index < -0.39 is 0 Å². The first-order valence-corrected chi connectivity index (χ1v) is 10.8. The Labute approximate surface area is 185 Å². The molecule has 0 aliphatic rings. The Morgan fingerprint density at radius 1 is 1.00 bits per heavy atom. The fraction of sp³-hybridized carbons (Fsp3) is 0.0435. The predicted octanol–water partition coefficient (Wildman–Crippen LogP) is 6.55. The zero-order valence-electron chi connectivity index (χ0n) is 15.5. The normalized spacial score (nSPS) is 11.4. The summed E-state index contributed by atoms with van der Waals surface area (Å²) in [5.41, 5.74) is 2.84. The zero-order valence-corrected chi connectivity index (χ0v) is 17.9. The fourth-order valence-electron chi connectivity index (χ4n) is 3.70. The van der Waals surface area contributed by atoms with Gasteiger partial charge in [-0.2, -0.15) is 0 Å². The number of hydrogen-bond acceptors (Lipinski definition) is 3. The number of aromatic nitrogens is 2. The van der Waals surface area contributed by atoms with Crippen LogP contribution in [0, 0.1) is 9.77 Å². The molecule has 7 heteroatoms. The Balaban J connectivity index is 1.92. The highest BCUT2D eigenvalue weighted by Gasteiger charge is 2.18.